The lowest BCUT2D eigenvalue weighted by Crippen LogP contribution is -2.54. The third kappa shape index (κ3) is 2.85. The largest absolute Gasteiger partial charge is 0.504 e. The molecule has 0 bridgehead atoms. The number of amides is 3. The lowest BCUT2D eigenvalue weighted by Gasteiger charge is -2.31. The molecule has 3 fully saturated rings. The first kappa shape index (κ1) is 21.4. The van der Waals surface area contributed by atoms with E-state index < -0.39 is 23.4 Å². The zero-order valence-corrected chi connectivity index (χ0v) is 19.0. The van der Waals surface area contributed by atoms with E-state index in [4.69, 9.17) is 11.6 Å². The van der Waals surface area contributed by atoms with Gasteiger partial charge in [-0.25, -0.2) is 0 Å². The normalized spacial score (nSPS) is 30.3. The van der Waals surface area contributed by atoms with Crippen LogP contribution in [0.2, 0.25) is 5.02 Å². The molecule has 34 heavy (non-hydrogen) atoms. The van der Waals surface area contributed by atoms with Crippen LogP contribution in [0.1, 0.15) is 36.8 Å². The SMILES string of the molecule is O=C1C2C(Cc3ccc(O)c(O)c3)NC3(C(=O)Nc4ccc(Cl)cc43)C2C(=O)N1C1CCCC1. The Morgan fingerprint density at radius 1 is 1.00 bits per heavy atom. The summed E-state index contributed by atoms with van der Waals surface area (Å²) in [5.74, 6) is -3.06. The van der Waals surface area contributed by atoms with Crippen molar-refractivity contribution in [2.75, 3.05) is 5.32 Å². The van der Waals surface area contributed by atoms with E-state index in [0.29, 0.717) is 21.8 Å². The molecule has 3 amide bonds. The van der Waals surface area contributed by atoms with Gasteiger partial charge in [0.05, 0.1) is 11.8 Å². The zero-order chi connectivity index (χ0) is 23.8. The Morgan fingerprint density at radius 2 is 1.76 bits per heavy atom. The standard InChI is InChI=1S/C25H24ClN3O5/c26-13-6-7-16-15(11-13)25(24(34)27-16)21-20(22(32)29(23(21)33)14-3-1-2-4-14)17(28-25)9-12-5-8-18(30)19(31)10-12/h5-8,10-11,14,17,20-21,28,30-31H,1-4,9H2,(H,27,34). The number of carbonyl (C=O) groups excluding carboxylic acids is 3. The van der Waals surface area contributed by atoms with Gasteiger partial charge < -0.3 is 15.5 Å². The van der Waals surface area contributed by atoms with Crippen molar-refractivity contribution in [2.45, 2.75) is 49.7 Å². The number of hydrogen-bond acceptors (Lipinski definition) is 6. The van der Waals surface area contributed by atoms with Crippen LogP contribution >= 0.6 is 11.6 Å². The van der Waals surface area contributed by atoms with E-state index in [-0.39, 0.29) is 41.7 Å². The highest BCUT2D eigenvalue weighted by molar-refractivity contribution is 6.31. The number of phenols is 2. The summed E-state index contributed by atoms with van der Waals surface area (Å²) in [6.07, 6.45) is 3.79. The van der Waals surface area contributed by atoms with E-state index in [2.05, 4.69) is 10.6 Å². The van der Waals surface area contributed by atoms with Crippen molar-refractivity contribution in [1.29, 1.82) is 0 Å². The number of hydrogen-bond donors (Lipinski definition) is 4. The number of nitrogens with one attached hydrogen (secondary N) is 2. The molecule has 0 aromatic heterocycles. The average Bonchev–Trinajstić information content (AvgIpc) is 3.54. The molecule has 1 spiro atoms. The summed E-state index contributed by atoms with van der Waals surface area (Å²) in [5, 5.41) is 26.3. The van der Waals surface area contributed by atoms with Gasteiger partial charge in [0.1, 0.15) is 5.54 Å². The predicted molar refractivity (Wildman–Crippen MR) is 123 cm³/mol. The molecule has 4 N–H and O–H groups in total. The summed E-state index contributed by atoms with van der Waals surface area (Å²) in [7, 11) is 0. The van der Waals surface area contributed by atoms with Gasteiger partial charge in [0.25, 0.3) is 0 Å². The van der Waals surface area contributed by atoms with E-state index in [0.717, 1.165) is 25.7 Å². The topological polar surface area (TPSA) is 119 Å². The van der Waals surface area contributed by atoms with E-state index in [1.165, 1.54) is 17.0 Å². The van der Waals surface area contributed by atoms with Crippen molar-refractivity contribution in [2.24, 2.45) is 11.8 Å². The Labute approximate surface area is 200 Å². The number of phenolic OH excluding ortho intramolecular Hbond substituents is 2. The number of nitrogens with zero attached hydrogens (tertiary/aromatic N) is 1. The molecule has 4 unspecified atom stereocenters. The van der Waals surface area contributed by atoms with Crippen LogP contribution in [0.15, 0.2) is 36.4 Å². The van der Waals surface area contributed by atoms with E-state index in [1.807, 2.05) is 0 Å². The molecule has 3 aliphatic heterocycles. The highest BCUT2D eigenvalue weighted by atomic mass is 35.5. The van der Waals surface area contributed by atoms with Crippen LogP contribution in [0.5, 0.6) is 11.5 Å². The minimum atomic E-state index is -1.41. The van der Waals surface area contributed by atoms with Crippen LogP contribution in [0.3, 0.4) is 0 Å². The summed E-state index contributed by atoms with van der Waals surface area (Å²) >= 11 is 6.29. The lowest BCUT2D eigenvalue weighted by molar-refractivity contribution is -0.145. The van der Waals surface area contributed by atoms with Crippen LogP contribution < -0.4 is 10.6 Å². The molecule has 1 aliphatic carbocycles. The second-order valence-electron chi connectivity index (χ2n) is 9.72. The van der Waals surface area contributed by atoms with E-state index in [9.17, 15) is 24.6 Å². The molecule has 8 nitrogen and oxygen atoms in total. The molecular formula is C25H24ClN3O5. The summed E-state index contributed by atoms with van der Waals surface area (Å²) in [6, 6.07) is 8.88. The number of rotatable bonds is 3. The fourth-order valence-corrected chi connectivity index (χ4v) is 6.62. The zero-order valence-electron chi connectivity index (χ0n) is 18.3. The van der Waals surface area contributed by atoms with Gasteiger partial charge in [0.2, 0.25) is 17.7 Å². The van der Waals surface area contributed by atoms with Crippen molar-refractivity contribution >= 4 is 35.0 Å². The number of aromatic hydroxyl groups is 2. The fraction of sp³-hybridized carbons (Fsp3) is 0.400. The number of anilines is 1. The third-order valence-electron chi connectivity index (χ3n) is 7.90. The van der Waals surface area contributed by atoms with Crippen molar-refractivity contribution < 1.29 is 24.6 Å². The highest BCUT2D eigenvalue weighted by Crippen LogP contribution is 2.54. The molecule has 0 radical (unpaired) electrons. The smallest absolute Gasteiger partial charge is 0.250 e. The molecule has 4 aliphatic rings. The molecule has 2 saturated heterocycles. The average molecular weight is 482 g/mol. The summed E-state index contributed by atoms with van der Waals surface area (Å²) < 4.78 is 0. The Bertz CT molecular complexity index is 1240. The molecule has 1 saturated carbocycles. The minimum absolute atomic E-state index is 0.135. The summed E-state index contributed by atoms with van der Waals surface area (Å²) in [6.45, 7) is 0. The summed E-state index contributed by atoms with van der Waals surface area (Å²) in [5.41, 5.74) is 0.413. The van der Waals surface area contributed by atoms with Crippen molar-refractivity contribution in [3.63, 3.8) is 0 Å². The van der Waals surface area contributed by atoms with Gasteiger partial charge in [-0.2, -0.15) is 0 Å². The predicted octanol–water partition coefficient (Wildman–Crippen LogP) is 2.66. The summed E-state index contributed by atoms with van der Waals surface area (Å²) in [4.78, 5) is 42.5. The quantitative estimate of drug-likeness (QED) is 0.395. The second-order valence-corrected chi connectivity index (χ2v) is 10.2. The molecule has 6 rings (SSSR count). The number of benzene rings is 2. The first-order valence-electron chi connectivity index (χ1n) is 11.6. The maximum Gasteiger partial charge on any atom is 0.250 e. The van der Waals surface area contributed by atoms with Crippen LogP contribution in [-0.2, 0) is 26.3 Å². The Hall–Kier alpha value is -3.10. The first-order chi connectivity index (χ1) is 16.3. The molecule has 3 heterocycles. The Kier molecular flexibility index (Phi) is 4.70. The highest BCUT2D eigenvalue weighted by Gasteiger charge is 2.70. The maximum absolute atomic E-state index is 13.9. The van der Waals surface area contributed by atoms with E-state index >= 15 is 0 Å². The van der Waals surface area contributed by atoms with Crippen LogP contribution in [-0.4, -0.2) is 44.9 Å². The number of carbonyl (C=O) groups is 3. The number of fused-ring (bicyclic) bond motifs is 4. The van der Waals surface area contributed by atoms with Crippen LogP contribution in [0.4, 0.5) is 5.69 Å². The molecular weight excluding hydrogens is 458 g/mol. The molecule has 9 heteroatoms. The minimum Gasteiger partial charge on any atom is -0.504 e. The Morgan fingerprint density at radius 3 is 2.50 bits per heavy atom. The molecule has 2 aromatic rings. The van der Waals surface area contributed by atoms with Gasteiger partial charge in [0, 0.05) is 28.4 Å². The Balaban J connectivity index is 1.47. The number of halogens is 1. The number of imide groups is 1. The monoisotopic (exact) mass is 481 g/mol. The first-order valence-corrected chi connectivity index (χ1v) is 12.0. The van der Waals surface area contributed by atoms with Crippen molar-refractivity contribution in [3.8, 4) is 11.5 Å². The second kappa shape index (κ2) is 7.45. The van der Waals surface area contributed by atoms with Crippen molar-refractivity contribution in [1.82, 2.24) is 10.2 Å². The fourth-order valence-electron chi connectivity index (χ4n) is 6.44. The van der Waals surface area contributed by atoms with Crippen LogP contribution in [0.25, 0.3) is 0 Å². The van der Waals surface area contributed by atoms with Gasteiger partial charge in [-0.05, 0) is 55.2 Å². The van der Waals surface area contributed by atoms with Gasteiger partial charge >= 0.3 is 0 Å². The van der Waals surface area contributed by atoms with Gasteiger partial charge in [-0.15, -0.1) is 0 Å². The molecule has 176 valence electrons. The van der Waals surface area contributed by atoms with Crippen LogP contribution in [0, 0.1) is 11.8 Å². The third-order valence-corrected chi connectivity index (χ3v) is 8.13. The van der Waals surface area contributed by atoms with Crippen molar-refractivity contribution in [3.05, 3.63) is 52.5 Å². The van der Waals surface area contributed by atoms with Gasteiger partial charge in [0.15, 0.2) is 11.5 Å². The molecule has 2 aromatic carbocycles. The van der Waals surface area contributed by atoms with Gasteiger partial charge in [-0.3, -0.25) is 24.6 Å². The van der Waals surface area contributed by atoms with Gasteiger partial charge in [-0.1, -0.05) is 30.5 Å². The number of likely N-dealkylation sites (tertiary alicyclic amines) is 1. The maximum atomic E-state index is 13.9. The lowest BCUT2D eigenvalue weighted by atomic mass is 9.76. The van der Waals surface area contributed by atoms with E-state index in [1.54, 1.807) is 24.3 Å². The molecule has 4 atom stereocenters.